The first-order chi connectivity index (χ1) is 10.1. The summed E-state index contributed by atoms with van der Waals surface area (Å²) in [7, 11) is 0. The monoisotopic (exact) mass is 298 g/mol. The molecule has 1 heterocycles. The Morgan fingerprint density at radius 1 is 1.05 bits per heavy atom. The molecule has 1 amide bonds. The first kappa shape index (κ1) is 13.2. The molecule has 21 heavy (non-hydrogen) atoms. The summed E-state index contributed by atoms with van der Waals surface area (Å²) < 4.78 is 8.11. The van der Waals surface area contributed by atoms with Crippen LogP contribution in [0.3, 0.4) is 0 Å². The molecule has 3 aromatic rings. The number of fused-ring (bicyclic) bond motifs is 1. The van der Waals surface area contributed by atoms with Gasteiger partial charge in [-0.05, 0) is 24.3 Å². The normalized spacial score (nSPS) is 10.5. The Labute approximate surface area is 123 Å². The first-order valence-electron chi connectivity index (χ1n) is 5.99. The molecule has 0 spiro atoms. The molecule has 1 aromatic heterocycles. The van der Waals surface area contributed by atoms with Gasteiger partial charge in [-0.1, -0.05) is 18.2 Å². The number of hydrogen-bond donors (Lipinski definition) is 1. The van der Waals surface area contributed by atoms with Crippen LogP contribution in [0.15, 0.2) is 42.5 Å². The zero-order valence-electron chi connectivity index (χ0n) is 10.6. The molecule has 0 aliphatic carbocycles. The van der Waals surface area contributed by atoms with Crippen LogP contribution < -0.4 is 10.4 Å². The largest absolute Gasteiger partial charge is 0.545 e. The summed E-state index contributed by atoms with van der Waals surface area (Å²) in [5, 5.41) is 13.6. The molecule has 104 valence electrons. The Hall–Kier alpha value is -2.80. The predicted molar refractivity (Wildman–Crippen MR) is 76.1 cm³/mol. The second-order valence-corrected chi connectivity index (χ2v) is 4.78. The molecule has 0 aliphatic heterocycles. The van der Waals surface area contributed by atoms with Gasteiger partial charge in [0.15, 0.2) is 0 Å². The van der Waals surface area contributed by atoms with Crippen molar-refractivity contribution in [2.24, 2.45) is 0 Å². The van der Waals surface area contributed by atoms with Crippen molar-refractivity contribution in [3.63, 3.8) is 0 Å². The molecule has 0 bridgehead atoms. The molecule has 0 saturated heterocycles. The molecule has 3 rings (SSSR count). The van der Waals surface area contributed by atoms with E-state index >= 15 is 0 Å². The minimum atomic E-state index is -1.34. The standard InChI is InChI=1S/C14H9N3O3S/c18-13(8-5-6-11-12(7-8)17-21-16-11)15-10-4-2-1-3-9(10)14(19)20/h1-7H,(H,15,18)(H,19,20)/p-1. The molecular formula is C14H8N3O3S-. The van der Waals surface area contributed by atoms with E-state index in [2.05, 4.69) is 14.1 Å². The average Bonchev–Trinajstić information content (AvgIpc) is 2.94. The molecule has 1 N–H and O–H groups in total. The van der Waals surface area contributed by atoms with Crippen LogP contribution in [0.2, 0.25) is 0 Å². The third-order valence-electron chi connectivity index (χ3n) is 2.91. The van der Waals surface area contributed by atoms with Gasteiger partial charge < -0.3 is 15.2 Å². The second-order valence-electron chi connectivity index (χ2n) is 4.25. The highest BCUT2D eigenvalue weighted by atomic mass is 32.1. The lowest BCUT2D eigenvalue weighted by molar-refractivity contribution is -0.254. The van der Waals surface area contributed by atoms with E-state index < -0.39 is 11.9 Å². The fourth-order valence-corrected chi connectivity index (χ4v) is 2.41. The van der Waals surface area contributed by atoms with Crippen molar-refractivity contribution < 1.29 is 14.7 Å². The van der Waals surface area contributed by atoms with E-state index in [9.17, 15) is 14.7 Å². The third kappa shape index (κ3) is 2.59. The van der Waals surface area contributed by atoms with Crippen LogP contribution in [0.5, 0.6) is 0 Å². The highest BCUT2D eigenvalue weighted by molar-refractivity contribution is 7.00. The van der Waals surface area contributed by atoms with Gasteiger partial charge in [0.1, 0.15) is 11.0 Å². The lowest BCUT2D eigenvalue weighted by Crippen LogP contribution is -2.24. The van der Waals surface area contributed by atoms with Gasteiger partial charge in [0.25, 0.3) is 5.91 Å². The van der Waals surface area contributed by atoms with Gasteiger partial charge in [-0.3, -0.25) is 4.79 Å². The summed E-state index contributed by atoms with van der Waals surface area (Å²) in [5.74, 6) is -1.76. The van der Waals surface area contributed by atoms with Gasteiger partial charge >= 0.3 is 0 Å². The van der Waals surface area contributed by atoms with Crippen LogP contribution in [0.4, 0.5) is 5.69 Å². The summed E-state index contributed by atoms with van der Waals surface area (Å²) in [6, 6.07) is 11.0. The first-order valence-corrected chi connectivity index (χ1v) is 6.72. The Morgan fingerprint density at radius 3 is 2.62 bits per heavy atom. The van der Waals surface area contributed by atoms with E-state index in [0.717, 1.165) is 11.7 Å². The van der Waals surface area contributed by atoms with Crippen LogP contribution in [-0.4, -0.2) is 20.6 Å². The molecule has 0 saturated carbocycles. The molecule has 7 heteroatoms. The summed E-state index contributed by atoms with van der Waals surface area (Å²) >= 11 is 1.07. The number of anilines is 1. The van der Waals surface area contributed by atoms with Gasteiger partial charge in [0.2, 0.25) is 0 Å². The summed E-state index contributed by atoms with van der Waals surface area (Å²) in [4.78, 5) is 23.2. The van der Waals surface area contributed by atoms with Crippen molar-refractivity contribution >= 4 is 40.3 Å². The van der Waals surface area contributed by atoms with Gasteiger partial charge in [-0.15, -0.1) is 0 Å². The lowest BCUT2D eigenvalue weighted by atomic mass is 10.1. The summed E-state index contributed by atoms with van der Waals surface area (Å²) in [5.41, 5.74) is 1.84. The van der Waals surface area contributed by atoms with E-state index in [-0.39, 0.29) is 11.3 Å². The highest BCUT2D eigenvalue weighted by Crippen LogP contribution is 2.18. The van der Waals surface area contributed by atoms with Gasteiger partial charge in [-0.2, -0.15) is 8.75 Å². The Morgan fingerprint density at radius 2 is 1.81 bits per heavy atom. The summed E-state index contributed by atoms with van der Waals surface area (Å²) in [6.07, 6.45) is 0. The summed E-state index contributed by atoms with van der Waals surface area (Å²) in [6.45, 7) is 0. The molecule has 0 fully saturated rings. The minimum Gasteiger partial charge on any atom is -0.545 e. The number of para-hydroxylation sites is 1. The number of hydrogen-bond acceptors (Lipinski definition) is 6. The third-order valence-corrected chi connectivity index (χ3v) is 3.47. The SMILES string of the molecule is O=C(Nc1ccccc1C(=O)[O-])c1ccc2nsnc2c1. The predicted octanol–water partition coefficient (Wildman–Crippen LogP) is 1.31. The van der Waals surface area contributed by atoms with Crippen molar-refractivity contribution in [1.29, 1.82) is 0 Å². The number of carbonyl (C=O) groups excluding carboxylic acids is 2. The Kier molecular flexibility index (Phi) is 3.33. The average molecular weight is 298 g/mol. The number of benzene rings is 2. The Bertz CT molecular complexity index is 844. The van der Waals surface area contributed by atoms with Gasteiger partial charge in [-0.25, -0.2) is 0 Å². The van der Waals surface area contributed by atoms with Crippen LogP contribution in [-0.2, 0) is 0 Å². The smallest absolute Gasteiger partial charge is 0.255 e. The molecule has 0 atom stereocenters. The minimum absolute atomic E-state index is 0.0674. The van der Waals surface area contributed by atoms with Crippen LogP contribution >= 0.6 is 11.7 Å². The fourth-order valence-electron chi connectivity index (χ4n) is 1.89. The quantitative estimate of drug-likeness (QED) is 0.786. The van der Waals surface area contributed by atoms with E-state index in [0.29, 0.717) is 16.6 Å². The maximum absolute atomic E-state index is 12.2. The van der Waals surface area contributed by atoms with Crippen LogP contribution in [0, 0.1) is 0 Å². The number of aromatic carboxylic acids is 1. The lowest BCUT2D eigenvalue weighted by Gasteiger charge is -2.11. The zero-order valence-corrected chi connectivity index (χ0v) is 11.4. The van der Waals surface area contributed by atoms with Crippen molar-refractivity contribution in [3.8, 4) is 0 Å². The number of nitrogens with zero attached hydrogens (tertiary/aromatic N) is 2. The number of amides is 1. The number of rotatable bonds is 3. The second kappa shape index (κ2) is 5.29. The maximum atomic E-state index is 12.2. The maximum Gasteiger partial charge on any atom is 0.255 e. The Balaban J connectivity index is 1.91. The van der Waals surface area contributed by atoms with Crippen molar-refractivity contribution in [2.45, 2.75) is 0 Å². The number of nitrogens with one attached hydrogen (secondary N) is 1. The highest BCUT2D eigenvalue weighted by Gasteiger charge is 2.11. The van der Waals surface area contributed by atoms with Crippen LogP contribution in [0.25, 0.3) is 11.0 Å². The zero-order chi connectivity index (χ0) is 14.8. The van der Waals surface area contributed by atoms with E-state index in [1.54, 1.807) is 30.3 Å². The van der Waals surface area contributed by atoms with Crippen LogP contribution in [0.1, 0.15) is 20.7 Å². The molecule has 0 unspecified atom stereocenters. The van der Waals surface area contributed by atoms with E-state index in [4.69, 9.17) is 0 Å². The van der Waals surface area contributed by atoms with Crippen molar-refractivity contribution in [3.05, 3.63) is 53.6 Å². The van der Waals surface area contributed by atoms with Gasteiger partial charge in [0.05, 0.1) is 23.4 Å². The number of carboxylic acid groups (broad SMARTS) is 1. The molecule has 6 nitrogen and oxygen atoms in total. The topological polar surface area (TPSA) is 95.0 Å². The fraction of sp³-hybridized carbons (Fsp3) is 0. The van der Waals surface area contributed by atoms with E-state index in [1.807, 2.05) is 0 Å². The van der Waals surface area contributed by atoms with E-state index in [1.165, 1.54) is 12.1 Å². The number of carbonyl (C=O) groups is 2. The molecule has 2 aromatic carbocycles. The molecular weight excluding hydrogens is 290 g/mol. The van der Waals surface area contributed by atoms with Crippen molar-refractivity contribution in [2.75, 3.05) is 5.32 Å². The number of aromatic nitrogens is 2. The van der Waals surface area contributed by atoms with Gasteiger partial charge in [0, 0.05) is 11.1 Å². The molecule has 0 radical (unpaired) electrons. The van der Waals surface area contributed by atoms with Crippen molar-refractivity contribution in [1.82, 2.24) is 8.75 Å². The number of carboxylic acids is 1. The molecule has 0 aliphatic rings.